The minimum atomic E-state index is -1.35. The van der Waals surface area contributed by atoms with Crippen molar-refractivity contribution in [3.05, 3.63) is 11.3 Å². The molecule has 2 N–H and O–H groups in total. The molecule has 0 spiro atoms. The van der Waals surface area contributed by atoms with Crippen LogP contribution in [0.4, 0.5) is 0 Å². The Morgan fingerprint density at radius 1 is 1.17 bits per heavy atom. The van der Waals surface area contributed by atoms with Gasteiger partial charge >= 0.3 is 0 Å². The van der Waals surface area contributed by atoms with Gasteiger partial charge in [-0.25, -0.2) is 0 Å². The van der Waals surface area contributed by atoms with Gasteiger partial charge in [0.05, 0.1) is 5.70 Å². The fraction of sp³-hybridized carbons (Fsp3) is 0.778. The Kier molecular flexibility index (Phi) is 4.93. The van der Waals surface area contributed by atoms with Crippen LogP contribution in [0, 0.1) is 0 Å². The van der Waals surface area contributed by atoms with Crippen molar-refractivity contribution in [2.24, 2.45) is 0 Å². The lowest BCUT2D eigenvalue weighted by Gasteiger charge is -2.27. The number of hydrogen-bond donors (Lipinski definition) is 2. The van der Waals surface area contributed by atoms with Crippen LogP contribution in [-0.2, 0) is 0 Å². The molecule has 0 heterocycles. The lowest BCUT2D eigenvalue weighted by Crippen LogP contribution is -2.30. The third-order valence-electron chi connectivity index (χ3n) is 1.86. The summed E-state index contributed by atoms with van der Waals surface area (Å²) in [6.07, 6.45) is -1.35. The second-order valence-electron chi connectivity index (χ2n) is 2.93. The topological polar surface area (TPSA) is 43.7 Å². The molecule has 3 nitrogen and oxygen atoms in total. The minimum Gasteiger partial charge on any atom is -0.371 e. The monoisotopic (exact) mass is 173 g/mol. The molecule has 12 heavy (non-hydrogen) atoms. The first-order valence-electron chi connectivity index (χ1n) is 4.33. The highest BCUT2D eigenvalue weighted by atomic mass is 16.5. The molecule has 0 aromatic rings. The van der Waals surface area contributed by atoms with Gasteiger partial charge in [0, 0.05) is 13.1 Å². The van der Waals surface area contributed by atoms with E-state index in [2.05, 4.69) is 0 Å². The van der Waals surface area contributed by atoms with Gasteiger partial charge in [0.2, 0.25) is 0 Å². The van der Waals surface area contributed by atoms with Crippen LogP contribution >= 0.6 is 0 Å². The first-order valence-corrected chi connectivity index (χ1v) is 4.33. The van der Waals surface area contributed by atoms with E-state index in [1.807, 2.05) is 32.6 Å². The fourth-order valence-electron chi connectivity index (χ4n) is 1.30. The maximum absolute atomic E-state index is 9.07. The molecule has 0 unspecified atom stereocenters. The summed E-state index contributed by atoms with van der Waals surface area (Å²) in [4.78, 5) is 1.94. The summed E-state index contributed by atoms with van der Waals surface area (Å²) >= 11 is 0. The molecule has 72 valence electrons. The van der Waals surface area contributed by atoms with E-state index >= 15 is 0 Å². The lowest BCUT2D eigenvalue weighted by molar-refractivity contribution is -0.0288. The van der Waals surface area contributed by atoms with Crippen molar-refractivity contribution in [2.45, 2.75) is 34.0 Å². The molecule has 0 rings (SSSR count). The predicted octanol–water partition coefficient (Wildman–Crippen LogP) is 0.933. The third kappa shape index (κ3) is 2.83. The van der Waals surface area contributed by atoms with E-state index in [0.29, 0.717) is 5.70 Å². The Balaban J connectivity index is 4.62. The van der Waals surface area contributed by atoms with E-state index < -0.39 is 6.29 Å². The van der Waals surface area contributed by atoms with Gasteiger partial charge in [-0.2, -0.15) is 0 Å². The highest BCUT2D eigenvalue weighted by molar-refractivity contribution is 5.10. The molecule has 0 radical (unpaired) electrons. The van der Waals surface area contributed by atoms with E-state index in [-0.39, 0.29) is 0 Å². The standard InChI is InChI=1S/C9H19NO2/c1-5-10(6-2)8(7(3)4)9(11)12/h9,11-12H,5-6H2,1-4H3. The Morgan fingerprint density at radius 3 is 1.67 bits per heavy atom. The third-order valence-corrected chi connectivity index (χ3v) is 1.86. The van der Waals surface area contributed by atoms with Crippen LogP contribution in [0.5, 0.6) is 0 Å². The summed E-state index contributed by atoms with van der Waals surface area (Å²) < 4.78 is 0. The Bertz CT molecular complexity index is 156. The molecule has 0 aromatic heterocycles. The molecular formula is C9H19NO2. The van der Waals surface area contributed by atoms with Gasteiger partial charge in [-0.3, -0.25) is 0 Å². The summed E-state index contributed by atoms with van der Waals surface area (Å²) in [5, 5.41) is 18.1. The SMILES string of the molecule is CCN(CC)C(=C(C)C)C(O)O. The number of aliphatic hydroxyl groups excluding tert-OH is 1. The van der Waals surface area contributed by atoms with Gasteiger partial charge in [-0.15, -0.1) is 0 Å². The van der Waals surface area contributed by atoms with Crippen LogP contribution in [0.25, 0.3) is 0 Å². The van der Waals surface area contributed by atoms with Crippen LogP contribution in [0.15, 0.2) is 11.3 Å². The molecule has 0 saturated carbocycles. The van der Waals surface area contributed by atoms with E-state index in [4.69, 9.17) is 10.2 Å². The molecule has 0 aromatic carbocycles. The molecule has 0 bridgehead atoms. The predicted molar refractivity (Wildman–Crippen MR) is 49.5 cm³/mol. The van der Waals surface area contributed by atoms with Gasteiger partial charge in [-0.05, 0) is 27.7 Å². The summed E-state index contributed by atoms with van der Waals surface area (Å²) in [6, 6.07) is 0. The number of likely N-dealkylation sites (N-methyl/N-ethyl adjacent to an activating group) is 1. The fourth-order valence-corrected chi connectivity index (χ4v) is 1.30. The molecule has 0 fully saturated rings. The molecule has 0 aliphatic rings. The van der Waals surface area contributed by atoms with Crippen molar-refractivity contribution < 1.29 is 10.2 Å². The average molecular weight is 173 g/mol. The molecule has 0 aliphatic heterocycles. The summed E-state index contributed by atoms with van der Waals surface area (Å²) in [7, 11) is 0. The van der Waals surface area contributed by atoms with Crippen LogP contribution in [0.1, 0.15) is 27.7 Å². The highest BCUT2D eigenvalue weighted by Crippen LogP contribution is 2.12. The normalized spacial score (nSPS) is 10.2. The number of rotatable bonds is 4. The van der Waals surface area contributed by atoms with Gasteiger partial charge < -0.3 is 15.1 Å². The number of allylic oxidation sites excluding steroid dienone is 1. The van der Waals surface area contributed by atoms with Gasteiger partial charge in [-0.1, -0.05) is 5.57 Å². The number of aliphatic hydroxyl groups is 2. The molecule has 3 heteroatoms. The quantitative estimate of drug-likeness (QED) is 0.622. The highest BCUT2D eigenvalue weighted by Gasteiger charge is 2.13. The van der Waals surface area contributed by atoms with Crippen molar-refractivity contribution in [1.29, 1.82) is 0 Å². The zero-order valence-electron chi connectivity index (χ0n) is 8.33. The number of nitrogens with zero attached hydrogens (tertiary/aromatic N) is 1. The van der Waals surface area contributed by atoms with Crippen LogP contribution < -0.4 is 0 Å². The van der Waals surface area contributed by atoms with Gasteiger partial charge in [0.1, 0.15) is 0 Å². The minimum absolute atomic E-state index is 0.625. The molecular weight excluding hydrogens is 154 g/mol. The van der Waals surface area contributed by atoms with Gasteiger partial charge in [0.15, 0.2) is 6.29 Å². The van der Waals surface area contributed by atoms with E-state index in [1.165, 1.54) is 0 Å². The van der Waals surface area contributed by atoms with E-state index in [0.717, 1.165) is 18.7 Å². The summed E-state index contributed by atoms with van der Waals surface area (Å²) in [5.74, 6) is 0. The number of hydrogen-bond acceptors (Lipinski definition) is 3. The molecule has 0 aliphatic carbocycles. The van der Waals surface area contributed by atoms with Crippen LogP contribution in [-0.4, -0.2) is 34.5 Å². The smallest absolute Gasteiger partial charge is 0.193 e. The maximum Gasteiger partial charge on any atom is 0.193 e. The van der Waals surface area contributed by atoms with Crippen LogP contribution in [0.2, 0.25) is 0 Å². The maximum atomic E-state index is 9.07. The Hall–Kier alpha value is -0.540. The second kappa shape index (κ2) is 5.17. The second-order valence-corrected chi connectivity index (χ2v) is 2.93. The van der Waals surface area contributed by atoms with Crippen molar-refractivity contribution in [3.8, 4) is 0 Å². The zero-order chi connectivity index (χ0) is 9.72. The Morgan fingerprint density at radius 2 is 1.58 bits per heavy atom. The van der Waals surface area contributed by atoms with Crippen molar-refractivity contribution in [1.82, 2.24) is 4.90 Å². The van der Waals surface area contributed by atoms with Crippen LogP contribution in [0.3, 0.4) is 0 Å². The van der Waals surface area contributed by atoms with E-state index in [1.54, 1.807) is 0 Å². The Labute approximate surface area is 74.3 Å². The lowest BCUT2D eigenvalue weighted by atomic mass is 10.2. The molecule has 0 amide bonds. The van der Waals surface area contributed by atoms with Gasteiger partial charge in [0.25, 0.3) is 0 Å². The molecule has 0 saturated heterocycles. The first-order chi connectivity index (χ1) is 5.54. The largest absolute Gasteiger partial charge is 0.371 e. The first kappa shape index (κ1) is 11.5. The van der Waals surface area contributed by atoms with Crippen molar-refractivity contribution in [2.75, 3.05) is 13.1 Å². The average Bonchev–Trinajstić information content (AvgIpc) is 1.98. The summed E-state index contributed by atoms with van der Waals surface area (Å²) in [5.41, 5.74) is 1.58. The van der Waals surface area contributed by atoms with Crippen molar-refractivity contribution in [3.63, 3.8) is 0 Å². The molecule has 0 atom stereocenters. The summed E-state index contributed by atoms with van der Waals surface area (Å²) in [6.45, 7) is 9.35. The van der Waals surface area contributed by atoms with E-state index in [9.17, 15) is 0 Å². The zero-order valence-corrected chi connectivity index (χ0v) is 8.33. The van der Waals surface area contributed by atoms with Crippen molar-refractivity contribution >= 4 is 0 Å².